The highest BCUT2D eigenvalue weighted by atomic mass is 16.3. The normalized spacial score (nSPS) is 14.8. The Kier molecular flexibility index (Phi) is 1.33. The molecule has 0 spiro atoms. The smallest absolute Gasteiger partial charge is 0.137 e. The second-order valence-corrected chi connectivity index (χ2v) is 3.31. The SMILES string of the molecule is c1coc(-c2cnn3c2CCC3)c1. The largest absolute Gasteiger partial charge is 0.464 e. The summed E-state index contributed by atoms with van der Waals surface area (Å²) in [4.78, 5) is 0. The molecule has 0 saturated heterocycles. The van der Waals surface area contributed by atoms with Gasteiger partial charge in [-0.1, -0.05) is 0 Å². The molecule has 0 fully saturated rings. The molecule has 0 bridgehead atoms. The van der Waals surface area contributed by atoms with Gasteiger partial charge in [-0.15, -0.1) is 0 Å². The zero-order valence-corrected chi connectivity index (χ0v) is 7.23. The van der Waals surface area contributed by atoms with E-state index in [9.17, 15) is 0 Å². The maximum Gasteiger partial charge on any atom is 0.137 e. The van der Waals surface area contributed by atoms with Crippen LogP contribution in [0.5, 0.6) is 0 Å². The summed E-state index contributed by atoms with van der Waals surface area (Å²) in [5, 5.41) is 4.31. The molecule has 0 saturated carbocycles. The van der Waals surface area contributed by atoms with Crippen LogP contribution in [0.15, 0.2) is 29.0 Å². The zero-order chi connectivity index (χ0) is 8.67. The van der Waals surface area contributed by atoms with Crippen LogP contribution in [0.3, 0.4) is 0 Å². The quantitative estimate of drug-likeness (QED) is 0.662. The second-order valence-electron chi connectivity index (χ2n) is 3.31. The van der Waals surface area contributed by atoms with E-state index in [2.05, 4.69) is 9.78 Å². The monoisotopic (exact) mass is 174 g/mol. The summed E-state index contributed by atoms with van der Waals surface area (Å²) in [6.45, 7) is 1.05. The summed E-state index contributed by atoms with van der Waals surface area (Å²) < 4.78 is 7.42. The molecule has 0 N–H and O–H groups in total. The lowest BCUT2D eigenvalue weighted by Gasteiger charge is -1.94. The fourth-order valence-corrected chi connectivity index (χ4v) is 1.90. The predicted molar refractivity (Wildman–Crippen MR) is 48.3 cm³/mol. The standard InChI is InChI=1S/C10H10N2O/c1-3-9-8(7-11-12(9)5-1)10-4-2-6-13-10/h2,4,6-7H,1,3,5H2. The summed E-state index contributed by atoms with van der Waals surface area (Å²) in [5.74, 6) is 0.933. The Balaban J connectivity index is 2.16. The molecule has 0 atom stereocenters. The Morgan fingerprint density at radius 1 is 1.46 bits per heavy atom. The van der Waals surface area contributed by atoms with Crippen LogP contribution in [-0.4, -0.2) is 9.78 Å². The van der Waals surface area contributed by atoms with Crippen molar-refractivity contribution >= 4 is 0 Å². The maximum absolute atomic E-state index is 5.35. The first-order chi connectivity index (χ1) is 6.45. The van der Waals surface area contributed by atoms with Gasteiger partial charge in [0.25, 0.3) is 0 Å². The van der Waals surface area contributed by atoms with E-state index in [-0.39, 0.29) is 0 Å². The van der Waals surface area contributed by atoms with Crippen molar-refractivity contribution in [1.82, 2.24) is 9.78 Å². The lowest BCUT2D eigenvalue weighted by molar-refractivity contribution is 0.581. The van der Waals surface area contributed by atoms with Gasteiger partial charge in [-0.05, 0) is 25.0 Å². The second kappa shape index (κ2) is 2.49. The van der Waals surface area contributed by atoms with Crippen LogP contribution in [0.25, 0.3) is 11.3 Å². The Hall–Kier alpha value is -1.51. The molecule has 3 nitrogen and oxygen atoms in total. The summed E-state index contributed by atoms with van der Waals surface area (Å²) in [7, 11) is 0. The lowest BCUT2D eigenvalue weighted by Crippen LogP contribution is -1.92. The van der Waals surface area contributed by atoms with E-state index in [1.54, 1.807) is 6.26 Å². The molecule has 3 heteroatoms. The van der Waals surface area contributed by atoms with Crippen molar-refractivity contribution in [3.63, 3.8) is 0 Å². The first kappa shape index (κ1) is 6.95. The van der Waals surface area contributed by atoms with Crippen molar-refractivity contribution in [1.29, 1.82) is 0 Å². The third kappa shape index (κ3) is 0.932. The van der Waals surface area contributed by atoms with Crippen LogP contribution in [0.2, 0.25) is 0 Å². The van der Waals surface area contributed by atoms with Crippen molar-refractivity contribution in [3.8, 4) is 11.3 Å². The molecular weight excluding hydrogens is 164 g/mol. The molecule has 3 rings (SSSR count). The van der Waals surface area contributed by atoms with Crippen molar-refractivity contribution in [2.45, 2.75) is 19.4 Å². The Bertz CT molecular complexity index is 414. The van der Waals surface area contributed by atoms with E-state index < -0.39 is 0 Å². The highest BCUT2D eigenvalue weighted by Gasteiger charge is 2.18. The van der Waals surface area contributed by atoms with E-state index in [0.717, 1.165) is 24.3 Å². The zero-order valence-electron chi connectivity index (χ0n) is 7.23. The molecule has 2 aromatic rings. The number of aromatic nitrogens is 2. The summed E-state index contributed by atoms with van der Waals surface area (Å²) in [5.41, 5.74) is 2.47. The van der Waals surface area contributed by atoms with Gasteiger partial charge in [0.1, 0.15) is 5.76 Å². The highest BCUT2D eigenvalue weighted by molar-refractivity contribution is 5.59. The van der Waals surface area contributed by atoms with Crippen LogP contribution in [0, 0.1) is 0 Å². The lowest BCUT2D eigenvalue weighted by atomic mass is 10.1. The molecule has 1 aliphatic heterocycles. The van der Waals surface area contributed by atoms with E-state index in [1.807, 2.05) is 18.3 Å². The molecule has 3 heterocycles. The first-order valence-electron chi connectivity index (χ1n) is 4.54. The molecule has 66 valence electrons. The molecule has 2 aromatic heterocycles. The summed E-state index contributed by atoms with van der Waals surface area (Å²) in [6, 6.07) is 3.89. The minimum atomic E-state index is 0.933. The molecule has 0 aromatic carbocycles. The number of nitrogens with zero attached hydrogens (tertiary/aromatic N) is 2. The van der Waals surface area contributed by atoms with Crippen molar-refractivity contribution in [2.75, 3.05) is 0 Å². The number of rotatable bonds is 1. The molecule has 0 unspecified atom stereocenters. The van der Waals surface area contributed by atoms with Crippen LogP contribution < -0.4 is 0 Å². The summed E-state index contributed by atoms with van der Waals surface area (Å²) in [6.07, 6.45) is 5.93. The molecule has 0 amide bonds. The van der Waals surface area contributed by atoms with Crippen LogP contribution in [-0.2, 0) is 13.0 Å². The minimum Gasteiger partial charge on any atom is -0.464 e. The minimum absolute atomic E-state index is 0.933. The average Bonchev–Trinajstić information content (AvgIpc) is 2.79. The molecule has 0 radical (unpaired) electrons. The molecule has 0 aliphatic carbocycles. The number of aryl methyl sites for hydroxylation is 1. The van der Waals surface area contributed by atoms with Crippen molar-refractivity contribution < 1.29 is 4.42 Å². The van der Waals surface area contributed by atoms with Gasteiger partial charge in [-0.25, -0.2) is 0 Å². The maximum atomic E-state index is 5.35. The van der Waals surface area contributed by atoms with Gasteiger partial charge < -0.3 is 4.42 Å². The van der Waals surface area contributed by atoms with Gasteiger partial charge in [0.15, 0.2) is 0 Å². The summed E-state index contributed by atoms with van der Waals surface area (Å²) >= 11 is 0. The average molecular weight is 174 g/mol. The first-order valence-corrected chi connectivity index (χ1v) is 4.54. The van der Waals surface area contributed by atoms with Gasteiger partial charge in [-0.2, -0.15) is 5.10 Å². The van der Waals surface area contributed by atoms with Crippen molar-refractivity contribution in [3.05, 3.63) is 30.3 Å². The number of hydrogen-bond donors (Lipinski definition) is 0. The number of furan rings is 1. The van der Waals surface area contributed by atoms with Crippen LogP contribution in [0.4, 0.5) is 0 Å². The van der Waals surface area contributed by atoms with Gasteiger partial charge in [0.05, 0.1) is 18.0 Å². The van der Waals surface area contributed by atoms with Gasteiger partial charge in [-0.3, -0.25) is 4.68 Å². The van der Waals surface area contributed by atoms with E-state index in [4.69, 9.17) is 4.42 Å². The topological polar surface area (TPSA) is 31.0 Å². The number of hydrogen-bond acceptors (Lipinski definition) is 2. The number of fused-ring (bicyclic) bond motifs is 1. The van der Waals surface area contributed by atoms with Crippen LogP contribution in [0.1, 0.15) is 12.1 Å². The van der Waals surface area contributed by atoms with E-state index in [1.165, 1.54) is 12.1 Å². The fourth-order valence-electron chi connectivity index (χ4n) is 1.90. The van der Waals surface area contributed by atoms with Gasteiger partial charge >= 0.3 is 0 Å². The van der Waals surface area contributed by atoms with Gasteiger partial charge in [0.2, 0.25) is 0 Å². The Labute approximate surface area is 76.0 Å². The molecule has 1 aliphatic rings. The third-order valence-corrected chi connectivity index (χ3v) is 2.52. The van der Waals surface area contributed by atoms with Crippen molar-refractivity contribution in [2.24, 2.45) is 0 Å². The van der Waals surface area contributed by atoms with Crippen LogP contribution >= 0.6 is 0 Å². The van der Waals surface area contributed by atoms with E-state index >= 15 is 0 Å². The Morgan fingerprint density at radius 2 is 2.46 bits per heavy atom. The fraction of sp³-hybridized carbons (Fsp3) is 0.300. The third-order valence-electron chi connectivity index (χ3n) is 2.52. The molecular formula is C10H10N2O. The van der Waals surface area contributed by atoms with Gasteiger partial charge in [0, 0.05) is 12.2 Å². The Morgan fingerprint density at radius 3 is 3.31 bits per heavy atom. The highest BCUT2D eigenvalue weighted by Crippen LogP contribution is 2.27. The predicted octanol–water partition coefficient (Wildman–Crippen LogP) is 2.09. The van der Waals surface area contributed by atoms with E-state index in [0.29, 0.717) is 0 Å². The molecule has 13 heavy (non-hydrogen) atoms.